The summed E-state index contributed by atoms with van der Waals surface area (Å²) in [6.07, 6.45) is 8.91. The van der Waals surface area contributed by atoms with E-state index in [4.69, 9.17) is 44.1 Å². The number of halogens is 2. The standard InChI is InChI=1S/C31H38Cl2N8O4/c1-20(42)38-26-7-5-22(34)17-28(26)44-15-3-11-40-13-9-36-30(40)24(32)19-25(33)31-37-10-14-41(31)12-4-16-45-29-18-23(35)6-8-27(29)39-21(2)43/h5-10,13-14,17-18,24-25H,3-4,11-12,15-16,19,34-35H2,1-2H3,(H,38,42)(H,39,43)/q+2. The molecule has 12 nitrogen and oxygen atoms in total. The molecule has 2 aliphatic rings. The van der Waals surface area contributed by atoms with Gasteiger partial charge in [-0.2, -0.15) is 0 Å². The Labute approximate surface area is 272 Å². The van der Waals surface area contributed by atoms with E-state index in [0.717, 1.165) is 0 Å². The molecule has 2 aliphatic heterocycles. The van der Waals surface area contributed by atoms with Gasteiger partial charge in [-0.05, 0) is 34.3 Å². The van der Waals surface area contributed by atoms with Gasteiger partial charge in [-0.1, -0.05) is 0 Å². The summed E-state index contributed by atoms with van der Waals surface area (Å²) in [6.45, 7) is 4.91. The lowest BCUT2D eigenvalue weighted by Crippen LogP contribution is -2.39. The number of benzene rings is 2. The molecule has 45 heavy (non-hydrogen) atoms. The van der Waals surface area contributed by atoms with Gasteiger partial charge in [0.15, 0.2) is 12.4 Å². The van der Waals surface area contributed by atoms with Crippen LogP contribution in [-0.4, -0.2) is 70.3 Å². The van der Waals surface area contributed by atoms with Crippen molar-refractivity contribution >= 4 is 69.4 Å². The third-order valence-electron chi connectivity index (χ3n) is 6.70. The van der Waals surface area contributed by atoms with Crippen LogP contribution in [0.3, 0.4) is 0 Å². The van der Waals surface area contributed by atoms with E-state index in [2.05, 4.69) is 20.6 Å². The lowest BCUT2D eigenvalue weighted by atomic mass is 10.1. The first-order chi connectivity index (χ1) is 21.6. The molecule has 0 aromatic heterocycles. The maximum Gasteiger partial charge on any atom is 0.316 e. The van der Waals surface area contributed by atoms with Gasteiger partial charge >= 0.3 is 11.7 Å². The van der Waals surface area contributed by atoms with Crippen molar-refractivity contribution in [2.24, 2.45) is 0 Å². The number of hydrogen-bond acceptors (Lipinski definition) is 10. The Kier molecular flexibility index (Phi) is 11.9. The van der Waals surface area contributed by atoms with Crippen molar-refractivity contribution in [1.29, 1.82) is 0 Å². The molecule has 6 N–H and O–H groups in total. The van der Waals surface area contributed by atoms with E-state index in [-0.39, 0.29) is 11.8 Å². The summed E-state index contributed by atoms with van der Waals surface area (Å²) in [5, 5.41) is 4.60. The van der Waals surface area contributed by atoms with E-state index < -0.39 is 10.8 Å². The largest absolute Gasteiger partial charge is 0.491 e. The third kappa shape index (κ3) is 9.79. The molecular weight excluding hydrogens is 619 g/mol. The molecule has 0 fully saturated rings. The maximum atomic E-state index is 11.5. The zero-order chi connectivity index (χ0) is 32.3. The molecule has 4 rings (SSSR count). The highest BCUT2D eigenvalue weighted by Crippen LogP contribution is 2.28. The predicted octanol–water partition coefficient (Wildman–Crippen LogP) is 3.65. The van der Waals surface area contributed by atoms with Gasteiger partial charge in [0.05, 0.1) is 37.7 Å². The molecule has 0 spiro atoms. The lowest BCUT2D eigenvalue weighted by Gasteiger charge is -2.18. The second kappa shape index (κ2) is 16.1. The highest BCUT2D eigenvalue weighted by atomic mass is 35.5. The number of ether oxygens (including phenoxy) is 2. The van der Waals surface area contributed by atoms with Crippen LogP contribution in [-0.2, 0) is 9.59 Å². The first kappa shape index (κ1) is 33.5. The SMILES string of the molecule is CC(=O)Nc1ccc(N)cc1OCCCN1C=C[N+]=C1C(Cl)CC(Cl)C1=[N+]C=CN1CCCOc1cc(N)ccc1NC(C)=O. The number of aliphatic imine (C=N–C) groups is 2. The number of hydrogen-bond donors (Lipinski definition) is 4. The number of nitrogens with zero attached hydrogens (tertiary/aromatic N) is 4. The molecule has 2 amide bonds. The monoisotopic (exact) mass is 656 g/mol. The van der Waals surface area contributed by atoms with Crippen LogP contribution in [0.4, 0.5) is 22.7 Å². The van der Waals surface area contributed by atoms with E-state index in [1.165, 1.54) is 13.8 Å². The van der Waals surface area contributed by atoms with E-state index in [0.29, 0.717) is 91.5 Å². The molecular formula is C31H38Cl2N8O4+2. The first-order valence-corrected chi connectivity index (χ1v) is 15.4. The van der Waals surface area contributed by atoms with Crippen molar-refractivity contribution in [1.82, 2.24) is 19.8 Å². The fourth-order valence-electron chi connectivity index (χ4n) is 4.71. The molecule has 2 aromatic rings. The van der Waals surface area contributed by atoms with E-state index in [1.54, 1.807) is 48.8 Å². The summed E-state index contributed by atoms with van der Waals surface area (Å²) in [5.74, 6) is 2.04. The van der Waals surface area contributed by atoms with Gasteiger partial charge in [-0.15, -0.1) is 23.2 Å². The summed E-state index contributed by atoms with van der Waals surface area (Å²) in [7, 11) is 0. The minimum Gasteiger partial charge on any atom is -0.491 e. The molecule has 238 valence electrons. The number of amidine groups is 2. The highest BCUT2D eigenvalue weighted by Gasteiger charge is 2.38. The summed E-state index contributed by atoms with van der Waals surface area (Å²) in [4.78, 5) is 35.9. The Bertz CT molecular complexity index is 1390. The number of rotatable bonds is 16. The second-order valence-corrected chi connectivity index (χ2v) is 11.5. The fraction of sp³-hybridized carbons (Fsp3) is 0.355. The molecule has 14 heteroatoms. The van der Waals surface area contributed by atoms with Crippen LogP contribution in [0, 0.1) is 0 Å². The van der Waals surface area contributed by atoms with E-state index in [9.17, 15) is 9.59 Å². The molecule has 2 radical (unpaired) electrons. The number of carbonyl (C=O) groups is 2. The average molecular weight is 658 g/mol. The van der Waals surface area contributed by atoms with Gasteiger partial charge in [-0.25, -0.2) is 9.80 Å². The first-order valence-electron chi connectivity index (χ1n) is 14.5. The molecule has 0 saturated heterocycles. The molecule has 0 bridgehead atoms. The van der Waals surface area contributed by atoms with Crippen LogP contribution in [0.5, 0.6) is 11.5 Å². The molecule has 2 heterocycles. The smallest absolute Gasteiger partial charge is 0.316 e. The number of alkyl halides is 2. The van der Waals surface area contributed by atoms with Crippen LogP contribution in [0.25, 0.3) is 0 Å². The fourth-order valence-corrected chi connectivity index (χ4v) is 5.52. The number of amides is 2. The predicted molar refractivity (Wildman–Crippen MR) is 180 cm³/mol. The van der Waals surface area contributed by atoms with E-state index >= 15 is 0 Å². The topological polar surface area (TPSA) is 163 Å². The Morgan fingerprint density at radius 2 is 1.20 bits per heavy atom. The summed E-state index contributed by atoms with van der Waals surface area (Å²) in [5.41, 5.74) is 14.0. The molecule has 2 unspecified atom stereocenters. The molecule has 2 aromatic carbocycles. The number of nitrogen functional groups attached to an aromatic ring is 2. The van der Waals surface area contributed by atoms with Crippen molar-refractivity contribution in [3.05, 3.63) is 61.2 Å². The molecule has 0 saturated carbocycles. The quantitative estimate of drug-likeness (QED) is 0.121. The van der Waals surface area contributed by atoms with Crippen LogP contribution < -0.4 is 41.6 Å². The molecule has 0 aliphatic carbocycles. The van der Waals surface area contributed by atoms with Crippen LogP contribution in [0.2, 0.25) is 0 Å². The number of anilines is 4. The zero-order valence-corrected chi connectivity index (χ0v) is 26.7. The summed E-state index contributed by atoms with van der Waals surface area (Å²) >= 11 is 13.6. The van der Waals surface area contributed by atoms with Gasteiger partial charge in [-0.3, -0.25) is 9.59 Å². The minimum absolute atomic E-state index is 0.192. The van der Waals surface area contributed by atoms with Crippen LogP contribution >= 0.6 is 23.2 Å². The van der Waals surface area contributed by atoms with Crippen molar-refractivity contribution in [3.8, 4) is 11.5 Å². The Morgan fingerprint density at radius 3 is 1.60 bits per heavy atom. The van der Waals surface area contributed by atoms with Crippen LogP contribution in [0.1, 0.15) is 33.1 Å². The number of nitrogens with two attached hydrogens (primary N) is 2. The number of nitrogens with one attached hydrogen (secondary N) is 2. The lowest BCUT2D eigenvalue weighted by molar-refractivity contribution is -0.115. The maximum absolute atomic E-state index is 11.5. The average Bonchev–Trinajstić information content (AvgIpc) is 3.65. The minimum atomic E-state index is -0.451. The van der Waals surface area contributed by atoms with Gasteiger partial charge < -0.3 is 31.6 Å². The van der Waals surface area contributed by atoms with Gasteiger partial charge in [0.25, 0.3) is 0 Å². The van der Waals surface area contributed by atoms with E-state index in [1.807, 2.05) is 22.2 Å². The third-order valence-corrected chi connectivity index (χ3v) is 7.45. The Balaban J connectivity index is 1.22. The van der Waals surface area contributed by atoms with Crippen molar-refractivity contribution < 1.29 is 19.1 Å². The van der Waals surface area contributed by atoms with Crippen molar-refractivity contribution in [2.45, 2.75) is 43.9 Å². The van der Waals surface area contributed by atoms with Crippen molar-refractivity contribution in [3.63, 3.8) is 0 Å². The van der Waals surface area contributed by atoms with Gasteiger partial charge in [0.1, 0.15) is 34.7 Å². The zero-order valence-electron chi connectivity index (χ0n) is 25.2. The number of carbonyl (C=O) groups excluding carboxylic acids is 2. The van der Waals surface area contributed by atoms with Gasteiger partial charge in [0.2, 0.25) is 11.8 Å². The summed E-state index contributed by atoms with van der Waals surface area (Å²) in [6, 6.07) is 10.2. The Hall–Kier alpha value is -4.42. The summed E-state index contributed by atoms with van der Waals surface area (Å²) < 4.78 is 11.8. The Morgan fingerprint density at radius 1 is 0.778 bits per heavy atom. The van der Waals surface area contributed by atoms with Crippen molar-refractivity contribution in [2.75, 3.05) is 48.4 Å². The molecule has 2 atom stereocenters. The van der Waals surface area contributed by atoms with Crippen LogP contribution in [0.15, 0.2) is 61.2 Å². The second-order valence-electron chi connectivity index (χ2n) is 10.4. The normalized spacial score (nSPS) is 15.0. The van der Waals surface area contributed by atoms with Gasteiger partial charge in [0, 0.05) is 56.6 Å². The highest BCUT2D eigenvalue weighted by molar-refractivity contribution is 6.35.